The second-order valence-corrected chi connectivity index (χ2v) is 6.66. The number of nitrogens with one attached hydrogen (secondary N) is 1. The molecule has 0 spiro atoms. The van der Waals surface area contributed by atoms with Gasteiger partial charge in [-0.1, -0.05) is 18.2 Å². The van der Waals surface area contributed by atoms with Gasteiger partial charge in [0, 0.05) is 43.5 Å². The summed E-state index contributed by atoms with van der Waals surface area (Å²) in [7, 11) is 0. The lowest BCUT2D eigenvalue weighted by atomic mass is 10.2. The zero-order chi connectivity index (χ0) is 19.5. The van der Waals surface area contributed by atoms with Crippen molar-refractivity contribution in [3.63, 3.8) is 0 Å². The van der Waals surface area contributed by atoms with Crippen molar-refractivity contribution in [1.29, 1.82) is 0 Å². The maximum absolute atomic E-state index is 12.9. The van der Waals surface area contributed by atoms with E-state index in [0.29, 0.717) is 43.5 Å². The van der Waals surface area contributed by atoms with Crippen LogP contribution in [0.25, 0.3) is 10.9 Å². The third-order valence-electron chi connectivity index (χ3n) is 4.70. The van der Waals surface area contributed by atoms with E-state index in [1.165, 1.54) is 0 Å². The van der Waals surface area contributed by atoms with Crippen molar-refractivity contribution in [3.05, 3.63) is 54.0 Å². The Morgan fingerprint density at radius 2 is 1.89 bits per heavy atom. The molecule has 3 heterocycles. The normalized spacial score (nSPS) is 14.2. The summed E-state index contributed by atoms with van der Waals surface area (Å²) in [6.07, 6.45) is 2.55. The molecule has 3 aromatic rings. The van der Waals surface area contributed by atoms with Gasteiger partial charge in [0.2, 0.25) is 12.4 Å². The monoisotopic (exact) mass is 376 g/mol. The summed E-state index contributed by atoms with van der Waals surface area (Å²) in [5.41, 5.74) is 2.62. The molecule has 4 rings (SSSR count). The number of carbonyl (C=O) groups is 2. The number of hydrogen-bond donors (Lipinski definition) is 1. The van der Waals surface area contributed by atoms with Gasteiger partial charge in [0.15, 0.2) is 0 Å². The Balaban J connectivity index is 1.59. The first kappa shape index (κ1) is 17.8. The van der Waals surface area contributed by atoms with Crippen LogP contribution in [0, 0.1) is 6.92 Å². The van der Waals surface area contributed by atoms with Crippen molar-refractivity contribution < 1.29 is 9.59 Å². The fraction of sp³-hybridized carbons (Fsp3) is 0.250. The van der Waals surface area contributed by atoms with Gasteiger partial charge in [-0.15, -0.1) is 0 Å². The number of aromatic nitrogens is 3. The lowest BCUT2D eigenvalue weighted by Crippen LogP contribution is -2.48. The minimum Gasteiger partial charge on any atom is -0.342 e. The summed E-state index contributed by atoms with van der Waals surface area (Å²) in [5, 5.41) is 4.20. The lowest BCUT2D eigenvalue weighted by Gasteiger charge is -2.32. The van der Waals surface area contributed by atoms with Crippen LogP contribution in [0.2, 0.25) is 0 Å². The van der Waals surface area contributed by atoms with E-state index in [4.69, 9.17) is 0 Å². The Kier molecular flexibility index (Phi) is 4.84. The van der Waals surface area contributed by atoms with Crippen LogP contribution in [0.15, 0.2) is 42.6 Å². The Morgan fingerprint density at radius 1 is 1.11 bits per heavy atom. The molecule has 8 nitrogen and oxygen atoms in total. The van der Waals surface area contributed by atoms with Gasteiger partial charge < -0.3 is 15.1 Å². The smallest absolute Gasteiger partial charge is 0.272 e. The molecule has 8 heteroatoms. The van der Waals surface area contributed by atoms with Gasteiger partial charge in [-0.25, -0.2) is 9.97 Å². The second-order valence-electron chi connectivity index (χ2n) is 6.66. The van der Waals surface area contributed by atoms with Crippen molar-refractivity contribution in [2.75, 3.05) is 31.5 Å². The van der Waals surface area contributed by atoms with E-state index in [9.17, 15) is 9.59 Å². The van der Waals surface area contributed by atoms with Gasteiger partial charge in [0.05, 0.1) is 11.2 Å². The van der Waals surface area contributed by atoms with Gasteiger partial charge >= 0.3 is 0 Å². The number of benzene rings is 1. The van der Waals surface area contributed by atoms with Crippen LogP contribution < -0.4 is 5.32 Å². The van der Waals surface area contributed by atoms with E-state index in [2.05, 4.69) is 20.3 Å². The van der Waals surface area contributed by atoms with Gasteiger partial charge in [-0.05, 0) is 25.1 Å². The van der Waals surface area contributed by atoms with E-state index < -0.39 is 0 Å². The zero-order valence-corrected chi connectivity index (χ0v) is 15.5. The van der Waals surface area contributed by atoms with E-state index in [0.717, 1.165) is 23.0 Å². The number of nitrogens with zero attached hydrogens (tertiary/aromatic N) is 5. The average Bonchev–Trinajstić information content (AvgIpc) is 2.73. The lowest BCUT2D eigenvalue weighted by molar-refractivity contribution is -0.119. The summed E-state index contributed by atoms with van der Waals surface area (Å²) in [6.45, 7) is 3.89. The predicted molar refractivity (Wildman–Crippen MR) is 105 cm³/mol. The SMILES string of the molecule is Cc1cc(C(=O)N2CCN(C=O)CC2)nc(Nc2cccc3cccnc23)n1. The molecule has 0 saturated carbocycles. The quantitative estimate of drug-likeness (QED) is 0.700. The second kappa shape index (κ2) is 7.59. The maximum atomic E-state index is 12.9. The van der Waals surface area contributed by atoms with Gasteiger partial charge in [-0.2, -0.15) is 0 Å². The summed E-state index contributed by atoms with van der Waals surface area (Å²) in [4.78, 5) is 40.3. The first-order chi connectivity index (χ1) is 13.6. The third-order valence-corrected chi connectivity index (χ3v) is 4.70. The number of rotatable bonds is 4. The molecule has 28 heavy (non-hydrogen) atoms. The number of aryl methyl sites for hydroxylation is 1. The van der Waals surface area contributed by atoms with Crippen molar-refractivity contribution >= 4 is 34.9 Å². The maximum Gasteiger partial charge on any atom is 0.272 e. The molecule has 1 aromatic carbocycles. The fourth-order valence-electron chi connectivity index (χ4n) is 3.25. The van der Waals surface area contributed by atoms with Crippen LogP contribution in [0.3, 0.4) is 0 Å². The highest BCUT2D eigenvalue weighted by atomic mass is 16.2. The van der Waals surface area contributed by atoms with E-state index in [1.807, 2.05) is 37.3 Å². The number of pyridine rings is 1. The van der Waals surface area contributed by atoms with E-state index in [1.54, 1.807) is 22.1 Å². The molecule has 2 amide bonds. The highest BCUT2D eigenvalue weighted by Gasteiger charge is 2.23. The van der Waals surface area contributed by atoms with Crippen molar-refractivity contribution in [2.24, 2.45) is 0 Å². The Morgan fingerprint density at radius 3 is 2.68 bits per heavy atom. The number of carbonyl (C=O) groups excluding carboxylic acids is 2. The summed E-state index contributed by atoms with van der Waals surface area (Å²) in [5.74, 6) is 0.197. The summed E-state index contributed by atoms with van der Waals surface area (Å²) < 4.78 is 0. The van der Waals surface area contributed by atoms with Crippen LogP contribution in [0.4, 0.5) is 11.6 Å². The van der Waals surface area contributed by atoms with Crippen molar-refractivity contribution in [3.8, 4) is 0 Å². The van der Waals surface area contributed by atoms with Gasteiger partial charge in [0.1, 0.15) is 5.69 Å². The summed E-state index contributed by atoms with van der Waals surface area (Å²) >= 11 is 0. The first-order valence-corrected chi connectivity index (χ1v) is 9.09. The molecule has 0 radical (unpaired) electrons. The van der Waals surface area contributed by atoms with Crippen molar-refractivity contribution in [2.45, 2.75) is 6.92 Å². The Hall–Kier alpha value is -3.55. The molecule has 1 aliphatic heterocycles. The number of hydrogen-bond acceptors (Lipinski definition) is 6. The number of amides is 2. The molecule has 1 aliphatic rings. The average molecular weight is 376 g/mol. The fourth-order valence-corrected chi connectivity index (χ4v) is 3.25. The Bertz CT molecular complexity index is 1020. The molecular formula is C20H20N6O2. The highest BCUT2D eigenvalue weighted by Crippen LogP contribution is 2.23. The Labute approximate surface area is 162 Å². The van der Waals surface area contributed by atoms with Gasteiger partial charge in [0.25, 0.3) is 5.91 Å². The first-order valence-electron chi connectivity index (χ1n) is 9.09. The predicted octanol–water partition coefficient (Wildman–Crippen LogP) is 1.99. The van der Waals surface area contributed by atoms with Crippen LogP contribution in [-0.4, -0.2) is 63.2 Å². The standard InChI is InChI=1S/C20H20N6O2/c1-14-12-17(19(28)26-10-8-25(13-27)9-11-26)24-20(22-14)23-16-6-2-4-15-5-3-7-21-18(15)16/h2-7,12-13H,8-11H2,1H3,(H,22,23,24). The molecule has 0 unspecified atom stereocenters. The van der Waals surface area contributed by atoms with Crippen LogP contribution in [0.5, 0.6) is 0 Å². The number of para-hydroxylation sites is 1. The molecule has 2 aromatic heterocycles. The minimum absolute atomic E-state index is 0.157. The number of piperazine rings is 1. The zero-order valence-electron chi connectivity index (χ0n) is 15.5. The molecule has 0 atom stereocenters. The molecule has 0 bridgehead atoms. The molecule has 1 fully saturated rings. The molecule has 0 aliphatic carbocycles. The van der Waals surface area contributed by atoms with Crippen LogP contribution >= 0.6 is 0 Å². The van der Waals surface area contributed by atoms with Crippen molar-refractivity contribution in [1.82, 2.24) is 24.8 Å². The molecule has 1 saturated heterocycles. The van der Waals surface area contributed by atoms with E-state index in [-0.39, 0.29) is 5.91 Å². The molecule has 1 N–H and O–H groups in total. The largest absolute Gasteiger partial charge is 0.342 e. The number of anilines is 2. The number of fused-ring (bicyclic) bond motifs is 1. The topological polar surface area (TPSA) is 91.3 Å². The summed E-state index contributed by atoms with van der Waals surface area (Å²) in [6, 6.07) is 11.4. The van der Waals surface area contributed by atoms with Gasteiger partial charge in [-0.3, -0.25) is 14.6 Å². The minimum atomic E-state index is -0.157. The van der Waals surface area contributed by atoms with Crippen LogP contribution in [0.1, 0.15) is 16.2 Å². The highest BCUT2D eigenvalue weighted by molar-refractivity contribution is 5.94. The third kappa shape index (κ3) is 3.62. The van der Waals surface area contributed by atoms with E-state index >= 15 is 0 Å². The van der Waals surface area contributed by atoms with Crippen LogP contribution in [-0.2, 0) is 4.79 Å². The molecular weight excluding hydrogens is 356 g/mol. The molecule has 142 valence electrons.